The molecular formula is C24H35ClN2O4. The predicted octanol–water partition coefficient (Wildman–Crippen LogP) is 4.16. The van der Waals surface area contributed by atoms with Gasteiger partial charge in [-0.2, -0.15) is 0 Å². The molecule has 0 saturated carbocycles. The molecule has 1 N–H and O–H groups in total. The van der Waals surface area contributed by atoms with E-state index in [0.717, 1.165) is 5.56 Å². The molecule has 31 heavy (non-hydrogen) atoms. The fourth-order valence-corrected chi connectivity index (χ4v) is 4.71. The first-order chi connectivity index (χ1) is 14.3. The van der Waals surface area contributed by atoms with Crippen LogP contribution in [-0.2, 0) is 9.53 Å². The van der Waals surface area contributed by atoms with Gasteiger partial charge in [-0.05, 0) is 45.4 Å². The van der Waals surface area contributed by atoms with Crippen molar-refractivity contribution in [1.29, 1.82) is 0 Å². The number of nitrogens with zero attached hydrogens (tertiary/aromatic N) is 2. The average Bonchev–Trinajstić information content (AvgIpc) is 3.10. The van der Waals surface area contributed by atoms with Gasteiger partial charge in [0.1, 0.15) is 5.60 Å². The maximum absolute atomic E-state index is 13.6. The van der Waals surface area contributed by atoms with E-state index in [1.807, 2.05) is 70.7 Å². The molecule has 3 rings (SSSR count). The van der Waals surface area contributed by atoms with Crippen molar-refractivity contribution in [2.45, 2.75) is 58.7 Å². The highest BCUT2D eigenvalue weighted by atomic mass is 35.5. The molecule has 6 nitrogen and oxygen atoms in total. The maximum Gasteiger partial charge on any atom is 0.410 e. The Morgan fingerprint density at radius 1 is 1.03 bits per heavy atom. The molecule has 2 aliphatic rings. The monoisotopic (exact) mass is 450 g/mol. The van der Waals surface area contributed by atoms with Gasteiger partial charge in [0, 0.05) is 49.0 Å². The van der Waals surface area contributed by atoms with Crippen LogP contribution >= 0.6 is 11.6 Å². The van der Waals surface area contributed by atoms with Gasteiger partial charge < -0.3 is 19.6 Å². The Morgan fingerprint density at radius 2 is 1.58 bits per heavy atom. The van der Waals surface area contributed by atoms with Crippen LogP contribution in [-0.4, -0.2) is 64.3 Å². The van der Waals surface area contributed by atoms with Crippen LogP contribution in [0.15, 0.2) is 24.3 Å². The number of rotatable bonds is 2. The quantitative estimate of drug-likeness (QED) is 0.734. The molecule has 2 amide bonds. The third kappa shape index (κ3) is 5.17. The molecule has 0 radical (unpaired) electrons. The third-order valence-corrected chi connectivity index (χ3v) is 7.13. The first kappa shape index (κ1) is 23.9. The summed E-state index contributed by atoms with van der Waals surface area (Å²) in [5.74, 6) is -0.531. The Hall–Kier alpha value is -1.79. The summed E-state index contributed by atoms with van der Waals surface area (Å²) in [6, 6.07) is 7.49. The van der Waals surface area contributed by atoms with E-state index in [0.29, 0.717) is 31.2 Å². The van der Waals surface area contributed by atoms with Crippen molar-refractivity contribution < 1.29 is 19.4 Å². The van der Waals surface area contributed by atoms with E-state index in [-0.39, 0.29) is 29.6 Å². The van der Waals surface area contributed by atoms with E-state index >= 15 is 0 Å². The standard InChI is InChI=1S/C24H35ClN2O4/c1-15-11-26(12-16(2)24(15,6)30)21(28)20-14-27(22(29)31-23(3,4)5)13-19(20)17-7-9-18(25)10-8-17/h7-10,15-16,19-20,30H,11-14H2,1-6H3/t15-,16+,19-,20+,24?/m0/s1. The Balaban J connectivity index is 1.84. The number of piperidine rings is 1. The fourth-order valence-electron chi connectivity index (χ4n) is 4.58. The van der Waals surface area contributed by atoms with Crippen molar-refractivity contribution in [3.8, 4) is 0 Å². The number of likely N-dealkylation sites (tertiary alicyclic amines) is 2. The SMILES string of the molecule is C[C@@H]1CN(C(=O)[C@@H]2CN(C(=O)OC(C)(C)C)C[C@H]2c2ccc(Cl)cc2)C[C@H](C)C1(C)O. The van der Waals surface area contributed by atoms with Crippen LogP contribution in [0.1, 0.15) is 53.0 Å². The molecular weight excluding hydrogens is 416 g/mol. The number of aliphatic hydroxyl groups is 1. The van der Waals surface area contributed by atoms with Gasteiger partial charge in [-0.3, -0.25) is 4.79 Å². The number of carbonyl (C=O) groups excluding carboxylic acids is 2. The van der Waals surface area contributed by atoms with E-state index in [9.17, 15) is 14.7 Å². The number of ether oxygens (including phenoxy) is 1. The summed E-state index contributed by atoms with van der Waals surface area (Å²) in [7, 11) is 0. The lowest BCUT2D eigenvalue weighted by Gasteiger charge is -2.46. The summed E-state index contributed by atoms with van der Waals surface area (Å²) in [6.45, 7) is 13.1. The number of halogens is 1. The van der Waals surface area contributed by atoms with Crippen molar-refractivity contribution in [2.24, 2.45) is 17.8 Å². The van der Waals surface area contributed by atoms with Crippen LogP contribution in [0, 0.1) is 17.8 Å². The van der Waals surface area contributed by atoms with Gasteiger partial charge in [-0.1, -0.05) is 37.6 Å². The van der Waals surface area contributed by atoms with Crippen molar-refractivity contribution in [3.05, 3.63) is 34.9 Å². The van der Waals surface area contributed by atoms with E-state index in [1.165, 1.54) is 0 Å². The molecule has 1 aromatic rings. The molecule has 0 bridgehead atoms. The van der Waals surface area contributed by atoms with Crippen molar-refractivity contribution in [2.75, 3.05) is 26.2 Å². The smallest absolute Gasteiger partial charge is 0.410 e. The molecule has 5 atom stereocenters. The van der Waals surface area contributed by atoms with Gasteiger partial charge in [0.15, 0.2) is 0 Å². The second kappa shape index (κ2) is 8.62. The first-order valence-electron chi connectivity index (χ1n) is 11.0. The van der Waals surface area contributed by atoms with E-state index in [4.69, 9.17) is 16.3 Å². The van der Waals surface area contributed by atoms with Gasteiger partial charge in [-0.15, -0.1) is 0 Å². The van der Waals surface area contributed by atoms with Crippen molar-refractivity contribution in [3.63, 3.8) is 0 Å². The predicted molar refractivity (Wildman–Crippen MR) is 121 cm³/mol. The Morgan fingerprint density at radius 3 is 2.10 bits per heavy atom. The van der Waals surface area contributed by atoms with Crippen LogP contribution in [0.25, 0.3) is 0 Å². The highest BCUT2D eigenvalue weighted by Crippen LogP contribution is 2.38. The largest absolute Gasteiger partial charge is 0.444 e. The highest BCUT2D eigenvalue weighted by Gasteiger charge is 2.47. The zero-order valence-electron chi connectivity index (χ0n) is 19.4. The molecule has 7 heteroatoms. The third-order valence-electron chi connectivity index (χ3n) is 6.88. The summed E-state index contributed by atoms with van der Waals surface area (Å²) in [6.07, 6.45) is -0.398. The summed E-state index contributed by atoms with van der Waals surface area (Å²) >= 11 is 6.07. The molecule has 2 saturated heterocycles. The number of amides is 2. The Labute approximate surface area is 190 Å². The second-order valence-corrected chi connectivity index (χ2v) is 10.9. The molecule has 0 aromatic heterocycles. The second-order valence-electron chi connectivity index (χ2n) is 10.4. The minimum Gasteiger partial charge on any atom is -0.444 e. The van der Waals surface area contributed by atoms with Crippen LogP contribution < -0.4 is 0 Å². The summed E-state index contributed by atoms with van der Waals surface area (Å²) in [5, 5.41) is 11.4. The Kier molecular flexibility index (Phi) is 6.64. The lowest BCUT2D eigenvalue weighted by atomic mass is 9.76. The van der Waals surface area contributed by atoms with E-state index in [2.05, 4.69) is 0 Å². The summed E-state index contributed by atoms with van der Waals surface area (Å²) in [4.78, 5) is 29.9. The number of hydrogen-bond acceptors (Lipinski definition) is 4. The fraction of sp³-hybridized carbons (Fsp3) is 0.667. The zero-order chi connectivity index (χ0) is 23.1. The first-order valence-corrected chi connectivity index (χ1v) is 11.4. The van der Waals surface area contributed by atoms with Gasteiger partial charge in [0.2, 0.25) is 5.91 Å². The zero-order valence-corrected chi connectivity index (χ0v) is 20.1. The maximum atomic E-state index is 13.6. The highest BCUT2D eigenvalue weighted by molar-refractivity contribution is 6.30. The number of hydrogen-bond donors (Lipinski definition) is 1. The average molecular weight is 451 g/mol. The lowest BCUT2D eigenvalue weighted by Crippen LogP contribution is -2.57. The van der Waals surface area contributed by atoms with Gasteiger partial charge in [0.05, 0.1) is 11.5 Å². The summed E-state index contributed by atoms with van der Waals surface area (Å²) < 4.78 is 5.57. The van der Waals surface area contributed by atoms with Gasteiger partial charge >= 0.3 is 6.09 Å². The van der Waals surface area contributed by atoms with Crippen LogP contribution in [0.3, 0.4) is 0 Å². The van der Waals surface area contributed by atoms with E-state index in [1.54, 1.807) is 4.90 Å². The molecule has 2 heterocycles. The van der Waals surface area contributed by atoms with Crippen LogP contribution in [0.5, 0.6) is 0 Å². The molecule has 2 aliphatic heterocycles. The van der Waals surface area contributed by atoms with Crippen LogP contribution in [0.2, 0.25) is 5.02 Å². The number of benzene rings is 1. The minimum absolute atomic E-state index is 0.0280. The minimum atomic E-state index is -0.801. The molecule has 1 unspecified atom stereocenters. The topological polar surface area (TPSA) is 70.1 Å². The summed E-state index contributed by atoms with van der Waals surface area (Å²) in [5.41, 5.74) is -0.415. The lowest BCUT2D eigenvalue weighted by molar-refractivity contribution is -0.148. The van der Waals surface area contributed by atoms with E-state index < -0.39 is 17.3 Å². The van der Waals surface area contributed by atoms with Crippen molar-refractivity contribution >= 4 is 23.6 Å². The molecule has 172 valence electrons. The number of carbonyl (C=O) groups is 2. The molecule has 1 aromatic carbocycles. The Bertz CT molecular complexity index is 804. The van der Waals surface area contributed by atoms with Crippen LogP contribution in [0.4, 0.5) is 4.79 Å². The molecule has 0 spiro atoms. The van der Waals surface area contributed by atoms with Gasteiger partial charge in [0.25, 0.3) is 0 Å². The van der Waals surface area contributed by atoms with Crippen molar-refractivity contribution in [1.82, 2.24) is 9.80 Å². The normalized spacial score (nSPS) is 31.6. The molecule has 2 fully saturated rings. The molecule has 0 aliphatic carbocycles. The van der Waals surface area contributed by atoms with Gasteiger partial charge in [-0.25, -0.2) is 4.79 Å².